The smallest absolute Gasteiger partial charge is 0.350 e. The van der Waals surface area contributed by atoms with Crippen LogP contribution in [0, 0.1) is 6.92 Å². The minimum absolute atomic E-state index is 0.301. The zero-order valence-corrected chi connectivity index (χ0v) is 20.7. The average molecular weight is 495 g/mol. The molecule has 0 atom stereocenters. The number of anilines is 3. The molecule has 1 aromatic carbocycles. The van der Waals surface area contributed by atoms with E-state index in [-0.39, 0.29) is 0 Å². The number of benzene rings is 1. The van der Waals surface area contributed by atoms with E-state index in [4.69, 9.17) is 14.2 Å². The number of aromatic nitrogens is 4. The summed E-state index contributed by atoms with van der Waals surface area (Å²) in [5.41, 5.74) is 3.11. The Kier molecular flexibility index (Phi) is 7.46. The van der Waals surface area contributed by atoms with Crippen molar-refractivity contribution in [2.75, 3.05) is 31.5 Å². The maximum absolute atomic E-state index is 12.2. The minimum Gasteiger partial charge on any atom is -0.493 e. The van der Waals surface area contributed by atoms with E-state index in [1.807, 2.05) is 42.6 Å². The van der Waals surface area contributed by atoms with E-state index in [0.29, 0.717) is 57.8 Å². The molecule has 0 amide bonds. The normalized spacial score (nSPS) is 10.6. The second-order valence-electron chi connectivity index (χ2n) is 7.37. The lowest BCUT2D eigenvalue weighted by Crippen LogP contribution is -2.06. The number of hydrogen-bond donors (Lipinski definition) is 3. The molecule has 182 valence electrons. The standard InChI is InChI=1S/C24H26N6O4S/c1-5-34-22(31)21-14(2)27-24(35-21)30-23-28-17(16-7-6-10-25-16)12-20(29-23)26-13-15-8-9-18(32-3)19(11-15)33-4/h6-12,25H,5,13H2,1-4H3,(H2,26,27,28,29,30). The topological polar surface area (TPSA) is 123 Å². The van der Waals surface area contributed by atoms with Crippen LogP contribution in [0.3, 0.4) is 0 Å². The Balaban J connectivity index is 1.59. The lowest BCUT2D eigenvalue weighted by atomic mass is 10.2. The first-order valence-corrected chi connectivity index (χ1v) is 11.7. The molecule has 0 saturated heterocycles. The number of hydrogen-bond acceptors (Lipinski definition) is 10. The van der Waals surface area contributed by atoms with Gasteiger partial charge in [-0.3, -0.25) is 5.32 Å². The summed E-state index contributed by atoms with van der Waals surface area (Å²) in [4.78, 5) is 29.4. The van der Waals surface area contributed by atoms with Gasteiger partial charge in [-0.2, -0.15) is 4.98 Å². The van der Waals surface area contributed by atoms with Gasteiger partial charge in [0.15, 0.2) is 16.6 Å². The summed E-state index contributed by atoms with van der Waals surface area (Å²) in [6, 6.07) is 11.4. The molecule has 3 heterocycles. The van der Waals surface area contributed by atoms with Crippen molar-refractivity contribution < 1.29 is 19.0 Å². The molecule has 3 N–H and O–H groups in total. The molecule has 0 unspecified atom stereocenters. The summed E-state index contributed by atoms with van der Waals surface area (Å²) in [6.07, 6.45) is 1.83. The van der Waals surface area contributed by atoms with Crippen LogP contribution in [0.15, 0.2) is 42.6 Å². The fraction of sp³-hybridized carbons (Fsp3) is 0.250. The van der Waals surface area contributed by atoms with Gasteiger partial charge in [-0.15, -0.1) is 0 Å². The maximum Gasteiger partial charge on any atom is 0.350 e. The predicted octanol–water partition coefficient (Wildman–Crippen LogP) is 4.79. The van der Waals surface area contributed by atoms with Gasteiger partial charge in [-0.1, -0.05) is 17.4 Å². The lowest BCUT2D eigenvalue weighted by Gasteiger charge is -2.12. The van der Waals surface area contributed by atoms with Crippen LogP contribution < -0.4 is 20.1 Å². The zero-order chi connectivity index (χ0) is 24.8. The third kappa shape index (κ3) is 5.69. The number of aromatic amines is 1. The molecular formula is C24H26N6O4S. The van der Waals surface area contributed by atoms with Crippen molar-refractivity contribution in [1.29, 1.82) is 0 Å². The molecule has 0 aliphatic heterocycles. The predicted molar refractivity (Wildman–Crippen MR) is 135 cm³/mol. The Morgan fingerprint density at radius 3 is 2.63 bits per heavy atom. The summed E-state index contributed by atoms with van der Waals surface area (Å²) in [7, 11) is 3.21. The molecule has 0 bridgehead atoms. The fourth-order valence-electron chi connectivity index (χ4n) is 3.34. The van der Waals surface area contributed by atoms with Crippen LogP contribution in [0.1, 0.15) is 27.9 Å². The lowest BCUT2D eigenvalue weighted by molar-refractivity contribution is 0.0531. The molecule has 10 nitrogen and oxygen atoms in total. The Labute approximate surface area is 206 Å². The van der Waals surface area contributed by atoms with Crippen LogP contribution in [0.4, 0.5) is 16.9 Å². The van der Waals surface area contributed by atoms with Crippen molar-refractivity contribution in [3.05, 3.63) is 58.7 Å². The van der Waals surface area contributed by atoms with Gasteiger partial charge >= 0.3 is 5.97 Å². The number of nitrogens with zero attached hydrogens (tertiary/aromatic N) is 3. The van der Waals surface area contributed by atoms with E-state index >= 15 is 0 Å². The number of H-pyrrole nitrogens is 1. The fourth-order valence-corrected chi connectivity index (χ4v) is 4.19. The highest BCUT2D eigenvalue weighted by Gasteiger charge is 2.17. The maximum atomic E-state index is 12.2. The Hall–Kier alpha value is -4.12. The first-order valence-electron chi connectivity index (χ1n) is 10.9. The van der Waals surface area contributed by atoms with Crippen LogP contribution in [0.25, 0.3) is 11.4 Å². The van der Waals surface area contributed by atoms with Crippen molar-refractivity contribution in [2.24, 2.45) is 0 Å². The van der Waals surface area contributed by atoms with Crippen molar-refractivity contribution in [1.82, 2.24) is 19.9 Å². The van der Waals surface area contributed by atoms with Gasteiger partial charge in [-0.25, -0.2) is 14.8 Å². The zero-order valence-electron chi connectivity index (χ0n) is 19.8. The number of methoxy groups -OCH3 is 2. The van der Waals surface area contributed by atoms with Gasteiger partial charge < -0.3 is 24.5 Å². The van der Waals surface area contributed by atoms with E-state index in [9.17, 15) is 4.79 Å². The number of esters is 1. The number of ether oxygens (including phenoxy) is 3. The molecule has 0 aliphatic rings. The average Bonchev–Trinajstić information content (AvgIpc) is 3.52. The van der Waals surface area contributed by atoms with E-state index in [1.165, 1.54) is 11.3 Å². The summed E-state index contributed by atoms with van der Waals surface area (Å²) in [5.74, 6) is 1.88. The minimum atomic E-state index is -0.395. The van der Waals surface area contributed by atoms with Crippen LogP contribution in [-0.2, 0) is 11.3 Å². The highest BCUT2D eigenvalue weighted by molar-refractivity contribution is 7.17. The Morgan fingerprint density at radius 2 is 1.91 bits per heavy atom. The van der Waals surface area contributed by atoms with Crippen molar-refractivity contribution in [3.63, 3.8) is 0 Å². The molecule has 3 aromatic heterocycles. The summed E-state index contributed by atoms with van der Waals surface area (Å²) in [6.45, 7) is 4.34. The second-order valence-corrected chi connectivity index (χ2v) is 8.37. The van der Waals surface area contributed by atoms with Crippen LogP contribution in [0.2, 0.25) is 0 Å². The van der Waals surface area contributed by atoms with Gasteiger partial charge in [0.1, 0.15) is 10.7 Å². The Bertz CT molecular complexity index is 1310. The number of carbonyl (C=O) groups is 1. The summed E-state index contributed by atoms with van der Waals surface area (Å²) >= 11 is 1.20. The molecule has 35 heavy (non-hydrogen) atoms. The number of nitrogens with one attached hydrogen (secondary N) is 3. The summed E-state index contributed by atoms with van der Waals surface area (Å²) in [5, 5.41) is 6.96. The van der Waals surface area contributed by atoms with Gasteiger partial charge in [0.05, 0.1) is 37.9 Å². The van der Waals surface area contributed by atoms with Crippen LogP contribution >= 0.6 is 11.3 Å². The van der Waals surface area contributed by atoms with E-state index < -0.39 is 5.97 Å². The highest BCUT2D eigenvalue weighted by atomic mass is 32.1. The third-order valence-corrected chi connectivity index (χ3v) is 6.05. The quantitative estimate of drug-likeness (QED) is 0.267. The molecular weight excluding hydrogens is 468 g/mol. The number of carbonyl (C=O) groups excluding carboxylic acids is 1. The second kappa shape index (κ2) is 10.9. The molecule has 0 radical (unpaired) electrons. The molecule has 4 rings (SSSR count). The first kappa shape index (κ1) is 24.0. The molecule has 11 heteroatoms. The molecule has 0 aliphatic carbocycles. The van der Waals surface area contributed by atoms with Crippen LogP contribution in [0.5, 0.6) is 11.5 Å². The van der Waals surface area contributed by atoms with Gasteiger partial charge in [-0.05, 0) is 43.7 Å². The van der Waals surface area contributed by atoms with Crippen molar-refractivity contribution >= 4 is 34.2 Å². The largest absolute Gasteiger partial charge is 0.493 e. The van der Waals surface area contributed by atoms with Crippen molar-refractivity contribution in [2.45, 2.75) is 20.4 Å². The van der Waals surface area contributed by atoms with E-state index in [2.05, 4.69) is 30.6 Å². The molecule has 0 saturated carbocycles. The SMILES string of the molecule is CCOC(=O)c1sc(Nc2nc(NCc3ccc(OC)c(OC)c3)cc(-c3ccc[nH]3)n2)nc1C. The summed E-state index contributed by atoms with van der Waals surface area (Å²) < 4.78 is 15.8. The van der Waals surface area contributed by atoms with Gasteiger partial charge in [0, 0.05) is 18.8 Å². The van der Waals surface area contributed by atoms with Crippen LogP contribution in [-0.4, -0.2) is 46.7 Å². The third-order valence-electron chi connectivity index (χ3n) is 5.00. The number of thiazole rings is 1. The van der Waals surface area contributed by atoms with E-state index in [1.54, 1.807) is 28.1 Å². The molecule has 4 aromatic rings. The highest BCUT2D eigenvalue weighted by Crippen LogP contribution is 2.29. The number of rotatable bonds is 10. The molecule has 0 spiro atoms. The molecule has 0 fully saturated rings. The van der Waals surface area contributed by atoms with E-state index in [0.717, 1.165) is 11.3 Å². The van der Waals surface area contributed by atoms with Crippen molar-refractivity contribution in [3.8, 4) is 22.9 Å². The van der Waals surface area contributed by atoms with Gasteiger partial charge in [0.2, 0.25) is 5.95 Å². The number of aryl methyl sites for hydroxylation is 1. The van der Waals surface area contributed by atoms with Gasteiger partial charge in [0.25, 0.3) is 0 Å². The monoisotopic (exact) mass is 494 g/mol. The first-order chi connectivity index (χ1) is 17.0. The Morgan fingerprint density at radius 1 is 1.09 bits per heavy atom.